The molecule has 0 heteroatoms. The molecule has 0 radical (unpaired) electrons. The van der Waals surface area contributed by atoms with Crippen LogP contribution >= 0.6 is 0 Å². The summed E-state index contributed by atoms with van der Waals surface area (Å²) in [7, 11) is 0. The Labute approximate surface area is 103 Å². The number of aryl methyl sites for hydroxylation is 1. The van der Waals surface area contributed by atoms with Crippen LogP contribution in [0.3, 0.4) is 0 Å². The van der Waals surface area contributed by atoms with Gasteiger partial charge in [-0.1, -0.05) is 48.1 Å². The second-order valence-corrected chi connectivity index (χ2v) is 5.16. The van der Waals surface area contributed by atoms with Crippen molar-refractivity contribution < 1.29 is 0 Å². The molecule has 0 N–H and O–H groups in total. The molecule has 0 saturated carbocycles. The summed E-state index contributed by atoms with van der Waals surface area (Å²) in [5, 5.41) is 0. The fourth-order valence-corrected chi connectivity index (χ4v) is 2.96. The molecule has 0 aliphatic heterocycles. The number of hydrogen-bond donors (Lipinski definition) is 0. The highest BCUT2D eigenvalue weighted by Crippen LogP contribution is 2.41. The van der Waals surface area contributed by atoms with Gasteiger partial charge in [0.2, 0.25) is 0 Å². The molecule has 2 aliphatic rings. The molecular formula is C17H18. The average molecular weight is 222 g/mol. The Kier molecular flexibility index (Phi) is 2.51. The van der Waals surface area contributed by atoms with E-state index in [0.29, 0.717) is 5.92 Å². The van der Waals surface area contributed by atoms with E-state index in [1.165, 1.54) is 28.7 Å². The maximum Gasteiger partial charge on any atom is -0.00806 e. The second kappa shape index (κ2) is 4.03. The first-order valence-electron chi connectivity index (χ1n) is 6.39. The van der Waals surface area contributed by atoms with E-state index in [-0.39, 0.29) is 0 Å². The van der Waals surface area contributed by atoms with Crippen molar-refractivity contribution in [1.29, 1.82) is 0 Å². The maximum absolute atomic E-state index is 2.37. The lowest BCUT2D eigenvalue weighted by Gasteiger charge is -2.28. The molecule has 0 aromatic heterocycles. The Morgan fingerprint density at radius 2 is 2.00 bits per heavy atom. The van der Waals surface area contributed by atoms with E-state index in [0.717, 1.165) is 6.42 Å². The average Bonchev–Trinajstić information content (AvgIpc) is 2.27. The van der Waals surface area contributed by atoms with E-state index in [4.69, 9.17) is 0 Å². The summed E-state index contributed by atoms with van der Waals surface area (Å²) in [6.45, 7) is 4.45. The van der Waals surface area contributed by atoms with Gasteiger partial charge in [0.25, 0.3) is 0 Å². The number of hydrogen-bond acceptors (Lipinski definition) is 0. The third-order valence-corrected chi connectivity index (χ3v) is 3.96. The smallest absolute Gasteiger partial charge is 0.00806 e. The summed E-state index contributed by atoms with van der Waals surface area (Å²) < 4.78 is 0. The molecule has 3 rings (SSSR count). The Balaban J connectivity index is 2.23. The van der Waals surface area contributed by atoms with Crippen molar-refractivity contribution in [3.05, 3.63) is 64.8 Å². The zero-order valence-corrected chi connectivity index (χ0v) is 10.5. The number of rotatable bonds is 0. The summed E-state index contributed by atoms with van der Waals surface area (Å²) >= 11 is 0. The Morgan fingerprint density at radius 1 is 1.12 bits per heavy atom. The van der Waals surface area contributed by atoms with E-state index in [1.807, 2.05) is 0 Å². The van der Waals surface area contributed by atoms with E-state index in [1.54, 1.807) is 5.56 Å². The van der Waals surface area contributed by atoms with Crippen molar-refractivity contribution in [2.75, 3.05) is 0 Å². The molecule has 0 heterocycles. The van der Waals surface area contributed by atoms with Gasteiger partial charge in [-0.3, -0.25) is 0 Å². The number of allylic oxidation sites excluding steroid dienone is 6. The highest BCUT2D eigenvalue weighted by atomic mass is 14.3. The molecule has 1 aromatic rings. The summed E-state index contributed by atoms with van der Waals surface area (Å²) in [4.78, 5) is 0. The van der Waals surface area contributed by atoms with Crippen molar-refractivity contribution in [3.8, 4) is 0 Å². The lowest BCUT2D eigenvalue weighted by atomic mass is 9.76. The summed E-state index contributed by atoms with van der Waals surface area (Å²) in [5.41, 5.74) is 7.35. The summed E-state index contributed by atoms with van der Waals surface area (Å²) in [5.74, 6) is 0.671. The fraction of sp³-hybridized carbons (Fsp3) is 0.294. The van der Waals surface area contributed by atoms with Gasteiger partial charge in [-0.05, 0) is 54.9 Å². The number of fused-ring (bicyclic) bond motifs is 4. The minimum absolute atomic E-state index is 0.671. The zero-order valence-electron chi connectivity index (χ0n) is 10.5. The van der Waals surface area contributed by atoms with Crippen LogP contribution in [0.4, 0.5) is 0 Å². The number of benzene rings is 1. The van der Waals surface area contributed by atoms with Gasteiger partial charge >= 0.3 is 0 Å². The summed E-state index contributed by atoms with van der Waals surface area (Å²) in [6, 6.07) is 6.90. The van der Waals surface area contributed by atoms with Crippen LogP contribution in [-0.2, 0) is 0 Å². The van der Waals surface area contributed by atoms with Gasteiger partial charge in [-0.15, -0.1) is 0 Å². The second-order valence-electron chi connectivity index (χ2n) is 5.16. The lowest BCUT2D eigenvalue weighted by molar-refractivity contribution is 0.684. The minimum Gasteiger partial charge on any atom is -0.0839 e. The van der Waals surface area contributed by atoms with Crippen LogP contribution in [-0.4, -0.2) is 0 Å². The van der Waals surface area contributed by atoms with Gasteiger partial charge in [-0.25, -0.2) is 0 Å². The topological polar surface area (TPSA) is 0 Å². The van der Waals surface area contributed by atoms with Gasteiger partial charge in [0.15, 0.2) is 0 Å². The van der Waals surface area contributed by atoms with Gasteiger partial charge in [0.05, 0.1) is 0 Å². The van der Waals surface area contributed by atoms with Crippen LogP contribution in [0.15, 0.2) is 48.1 Å². The van der Waals surface area contributed by atoms with Gasteiger partial charge in [-0.2, -0.15) is 0 Å². The van der Waals surface area contributed by atoms with Crippen molar-refractivity contribution in [2.24, 2.45) is 0 Å². The molecule has 0 fully saturated rings. The predicted octanol–water partition coefficient (Wildman–Crippen LogP) is 4.77. The molecular weight excluding hydrogens is 204 g/mol. The molecule has 17 heavy (non-hydrogen) atoms. The Bertz CT molecular complexity index is 541. The molecule has 0 amide bonds. The molecule has 1 atom stereocenters. The van der Waals surface area contributed by atoms with Crippen molar-refractivity contribution in [1.82, 2.24) is 0 Å². The van der Waals surface area contributed by atoms with E-state index < -0.39 is 0 Å². The van der Waals surface area contributed by atoms with Gasteiger partial charge < -0.3 is 0 Å². The van der Waals surface area contributed by atoms with Crippen LogP contribution in [0.5, 0.6) is 0 Å². The van der Waals surface area contributed by atoms with Gasteiger partial charge in [0.1, 0.15) is 0 Å². The van der Waals surface area contributed by atoms with Crippen LogP contribution in [0, 0.1) is 6.92 Å². The van der Waals surface area contributed by atoms with Crippen LogP contribution < -0.4 is 0 Å². The monoisotopic (exact) mass is 222 g/mol. The van der Waals surface area contributed by atoms with E-state index >= 15 is 0 Å². The molecule has 2 bridgehead atoms. The quantitative estimate of drug-likeness (QED) is 0.593. The largest absolute Gasteiger partial charge is 0.0839 e. The maximum atomic E-state index is 2.37. The fourth-order valence-electron chi connectivity index (χ4n) is 2.96. The molecule has 0 saturated heterocycles. The van der Waals surface area contributed by atoms with Crippen molar-refractivity contribution in [3.63, 3.8) is 0 Å². The Morgan fingerprint density at radius 3 is 2.88 bits per heavy atom. The van der Waals surface area contributed by atoms with Crippen molar-refractivity contribution in [2.45, 2.75) is 32.6 Å². The summed E-state index contributed by atoms with van der Waals surface area (Å²) in [6.07, 6.45) is 11.3. The highest BCUT2D eigenvalue weighted by molar-refractivity contribution is 5.75. The van der Waals surface area contributed by atoms with E-state index in [9.17, 15) is 0 Å². The van der Waals surface area contributed by atoms with Crippen LogP contribution in [0.1, 0.15) is 42.4 Å². The first-order chi connectivity index (χ1) is 8.25. The molecule has 86 valence electrons. The minimum atomic E-state index is 0.671. The third kappa shape index (κ3) is 1.78. The van der Waals surface area contributed by atoms with Crippen molar-refractivity contribution >= 4 is 5.57 Å². The molecule has 1 unspecified atom stereocenters. The third-order valence-electron chi connectivity index (χ3n) is 3.96. The lowest BCUT2D eigenvalue weighted by Crippen LogP contribution is -2.10. The van der Waals surface area contributed by atoms with E-state index in [2.05, 4.69) is 56.4 Å². The first-order valence-corrected chi connectivity index (χ1v) is 6.39. The zero-order chi connectivity index (χ0) is 11.8. The molecule has 2 aliphatic carbocycles. The normalized spacial score (nSPS) is 25.9. The standard InChI is InChI=1S/C17H18/c1-12-8-9-16-13(2)14-6-4-3-5-7-15(11-14)17(16)10-12/h3-6,8-10,15H,7,11H2,1-2H3/b5-3-,6-4-. The SMILES string of the molecule is CC1=C2/C=C\C=C/CC(C2)c2cc(C)ccc21. The predicted molar refractivity (Wildman–Crippen MR) is 74.0 cm³/mol. The molecule has 1 aromatic carbocycles. The van der Waals surface area contributed by atoms with Gasteiger partial charge in [0, 0.05) is 0 Å². The first kappa shape index (κ1) is 10.6. The molecule has 0 nitrogen and oxygen atoms in total. The molecule has 0 spiro atoms. The van der Waals surface area contributed by atoms with Crippen LogP contribution in [0.25, 0.3) is 5.57 Å². The highest BCUT2D eigenvalue weighted by Gasteiger charge is 2.23. The van der Waals surface area contributed by atoms with Crippen LogP contribution in [0.2, 0.25) is 0 Å². The Hall–Kier alpha value is -1.56.